The zero-order chi connectivity index (χ0) is 12.4. The average molecular weight is 250 g/mol. The van der Waals surface area contributed by atoms with Crippen molar-refractivity contribution in [1.82, 2.24) is 0 Å². The number of hydrogen-bond acceptors (Lipinski definition) is 1. The molecule has 0 saturated carbocycles. The lowest BCUT2D eigenvalue weighted by atomic mass is 10.0. The second-order valence-electron chi connectivity index (χ2n) is 4.03. The molecule has 0 aliphatic carbocycles. The Balaban J connectivity index is 2.43. The van der Waals surface area contributed by atoms with Crippen molar-refractivity contribution in [3.63, 3.8) is 0 Å². The number of nitrogens with two attached hydrogens (primary N) is 1. The Kier molecular flexibility index (Phi) is 3.46. The molecule has 2 aromatic rings. The highest BCUT2D eigenvalue weighted by Gasteiger charge is 2.06. The van der Waals surface area contributed by atoms with Crippen molar-refractivity contribution in [3.8, 4) is 11.1 Å². The molecule has 0 bridgehead atoms. The molecule has 0 fully saturated rings. The molecule has 2 rings (SSSR count). The van der Waals surface area contributed by atoms with Gasteiger partial charge < -0.3 is 5.73 Å². The highest BCUT2D eigenvalue weighted by atomic mass is 35.5. The Morgan fingerprint density at radius 2 is 1.76 bits per heavy atom. The van der Waals surface area contributed by atoms with Crippen molar-refractivity contribution < 1.29 is 4.39 Å². The third-order valence-electron chi connectivity index (χ3n) is 2.68. The van der Waals surface area contributed by atoms with E-state index < -0.39 is 0 Å². The van der Waals surface area contributed by atoms with Gasteiger partial charge in [0.2, 0.25) is 0 Å². The van der Waals surface area contributed by atoms with Crippen LogP contribution < -0.4 is 5.73 Å². The lowest BCUT2D eigenvalue weighted by Gasteiger charge is -2.08. The summed E-state index contributed by atoms with van der Waals surface area (Å²) in [5.74, 6) is -0.291. The van der Waals surface area contributed by atoms with Gasteiger partial charge in [0, 0.05) is 16.6 Å². The van der Waals surface area contributed by atoms with E-state index in [0.717, 1.165) is 11.1 Å². The van der Waals surface area contributed by atoms with Gasteiger partial charge in [-0.1, -0.05) is 35.9 Å². The minimum Gasteiger partial charge on any atom is -0.324 e. The van der Waals surface area contributed by atoms with Gasteiger partial charge in [-0.3, -0.25) is 0 Å². The molecule has 3 heteroatoms. The molecule has 0 amide bonds. The highest BCUT2D eigenvalue weighted by molar-refractivity contribution is 6.33. The third-order valence-corrected chi connectivity index (χ3v) is 3.01. The lowest BCUT2D eigenvalue weighted by Crippen LogP contribution is -2.04. The van der Waals surface area contributed by atoms with Crippen molar-refractivity contribution in [2.75, 3.05) is 0 Å². The van der Waals surface area contributed by atoms with Crippen LogP contribution in [0.15, 0.2) is 42.5 Å². The third kappa shape index (κ3) is 2.65. The van der Waals surface area contributed by atoms with Crippen LogP contribution in [0.3, 0.4) is 0 Å². The standard InChI is InChI=1S/C14H13ClFN/c1-9(17)10-2-4-11(5-3-10)13-8-12(16)6-7-14(13)15/h2-9H,17H2,1H3. The summed E-state index contributed by atoms with van der Waals surface area (Å²) in [6, 6.07) is 12.0. The molecule has 2 aromatic carbocycles. The van der Waals surface area contributed by atoms with E-state index >= 15 is 0 Å². The molecule has 0 spiro atoms. The summed E-state index contributed by atoms with van der Waals surface area (Å²) in [4.78, 5) is 0. The summed E-state index contributed by atoms with van der Waals surface area (Å²) in [6.45, 7) is 1.92. The summed E-state index contributed by atoms with van der Waals surface area (Å²) >= 11 is 6.04. The van der Waals surface area contributed by atoms with E-state index in [9.17, 15) is 4.39 Å². The first-order valence-corrected chi connectivity index (χ1v) is 5.76. The summed E-state index contributed by atoms with van der Waals surface area (Å²) < 4.78 is 13.2. The van der Waals surface area contributed by atoms with Crippen LogP contribution in [-0.4, -0.2) is 0 Å². The molecular formula is C14H13ClFN. The zero-order valence-electron chi connectivity index (χ0n) is 9.45. The molecular weight excluding hydrogens is 237 g/mol. The maximum atomic E-state index is 13.2. The maximum Gasteiger partial charge on any atom is 0.123 e. The van der Waals surface area contributed by atoms with Gasteiger partial charge >= 0.3 is 0 Å². The molecule has 2 N–H and O–H groups in total. The monoisotopic (exact) mass is 249 g/mol. The number of halogens is 2. The molecule has 0 radical (unpaired) electrons. The predicted molar refractivity (Wildman–Crippen MR) is 69.4 cm³/mol. The van der Waals surface area contributed by atoms with Crippen molar-refractivity contribution in [2.24, 2.45) is 5.73 Å². The van der Waals surface area contributed by atoms with Gasteiger partial charge in [0.15, 0.2) is 0 Å². The fourth-order valence-electron chi connectivity index (χ4n) is 1.68. The smallest absolute Gasteiger partial charge is 0.123 e. The van der Waals surface area contributed by atoms with Gasteiger partial charge in [-0.2, -0.15) is 0 Å². The van der Waals surface area contributed by atoms with E-state index in [-0.39, 0.29) is 11.9 Å². The minimum absolute atomic E-state index is 0.00738. The summed E-state index contributed by atoms with van der Waals surface area (Å²) in [5.41, 5.74) is 8.40. The molecule has 0 saturated heterocycles. The average Bonchev–Trinajstić information content (AvgIpc) is 2.32. The number of benzene rings is 2. The fourth-order valence-corrected chi connectivity index (χ4v) is 1.91. The van der Waals surface area contributed by atoms with Crippen molar-refractivity contribution >= 4 is 11.6 Å². The van der Waals surface area contributed by atoms with E-state index in [1.807, 2.05) is 31.2 Å². The topological polar surface area (TPSA) is 26.0 Å². The maximum absolute atomic E-state index is 13.2. The Hall–Kier alpha value is -1.38. The first-order chi connectivity index (χ1) is 8.08. The lowest BCUT2D eigenvalue weighted by molar-refractivity contribution is 0.628. The summed E-state index contributed by atoms with van der Waals surface area (Å²) in [7, 11) is 0. The molecule has 17 heavy (non-hydrogen) atoms. The van der Waals surface area contributed by atoms with Gasteiger partial charge in [-0.15, -0.1) is 0 Å². The van der Waals surface area contributed by atoms with Crippen LogP contribution in [0.2, 0.25) is 5.02 Å². The van der Waals surface area contributed by atoms with Crippen molar-refractivity contribution in [1.29, 1.82) is 0 Å². The van der Waals surface area contributed by atoms with Crippen LogP contribution in [-0.2, 0) is 0 Å². The van der Waals surface area contributed by atoms with Crippen LogP contribution in [0.5, 0.6) is 0 Å². The quantitative estimate of drug-likeness (QED) is 0.850. The second-order valence-corrected chi connectivity index (χ2v) is 4.44. The Labute approximate surface area is 105 Å². The largest absolute Gasteiger partial charge is 0.324 e. The second kappa shape index (κ2) is 4.86. The van der Waals surface area contributed by atoms with E-state index in [1.165, 1.54) is 12.1 Å². The minimum atomic E-state index is -0.291. The van der Waals surface area contributed by atoms with Crippen LogP contribution >= 0.6 is 11.6 Å². The van der Waals surface area contributed by atoms with E-state index in [1.54, 1.807) is 6.07 Å². The van der Waals surface area contributed by atoms with Gasteiger partial charge in [-0.05, 0) is 36.2 Å². The Morgan fingerprint density at radius 1 is 1.12 bits per heavy atom. The van der Waals surface area contributed by atoms with Crippen LogP contribution in [0, 0.1) is 5.82 Å². The molecule has 0 aliphatic heterocycles. The number of hydrogen-bond donors (Lipinski definition) is 1. The van der Waals surface area contributed by atoms with Gasteiger partial charge in [0.1, 0.15) is 5.82 Å². The molecule has 1 atom stereocenters. The van der Waals surface area contributed by atoms with Gasteiger partial charge in [0.05, 0.1) is 0 Å². The van der Waals surface area contributed by atoms with Gasteiger partial charge in [0.25, 0.3) is 0 Å². The highest BCUT2D eigenvalue weighted by Crippen LogP contribution is 2.29. The van der Waals surface area contributed by atoms with E-state index in [0.29, 0.717) is 10.6 Å². The zero-order valence-corrected chi connectivity index (χ0v) is 10.2. The van der Waals surface area contributed by atoms with E-state index in [2.05, 4.69) is 0 Å². The van der Waals surface area contributed by atoms with E-state index in [4.69, 9.17) is 17.3 Å². The molecule has 88 valence electrons. The van der Waals surface area contributed by atoms with Crippen molar-refractivity contribution in [2.45, 2.75) is 13.0 Å². The van der Waals surface area contributed by atoms with Crippen molar-refractivity contribution in [3.05, 3.63) is 58.9 Å². The molecule has 1 nitrogen and oxygen atoms in total. The van der Waals surface area contributed by atoms with Crippen LogP contribution in [0.4, 0.5) is 4.39 Å². The van der Waals surface area contributed by atoms with Crippen LogP contribution in [0.1, 0.15) is 18.5 Å². The Morgan fingerprint density at radius 3 is 2.35 bits per heavy atom. The summed E-state index contributed by atoms with van der Waals surface area (Å²) in [6.07, 6.45) is 0. The molecule has 0 aromatic heterocycles. The molecule has 0 heterocycles. The normalized spacial score (nSPS) is 12.5. The first-order valence-electron chi connectivity index (χ1n) is 5.39. The predicted octanol–water partition coefficient (Wildman–Crippen LogP) is 4.17. The Bertz CT molecular complexity index is 520. The van der Waals surface area contributed by atoms with Gasteiger partial charge in [-0.25, -0.2) is 4.39 Å². The first kappa shape index (κ1) is 12.1. The molecule has 0 aliphatic rings. The SMILES string of the molecule is CC(N)c1ccc(-c2cc(F)ccc2Cl)cc1. The molecule has 1 unspecified atom stereocenters. The van der Waals surface area contributed by atoms with Crippen LogP contribution in [0.25, 0.3) is 11.1 Å². The summed E-state index contributed by atoms with van der Waals surface area (Å²) in [5, 5.41) is 0.542. The fraction of sp³-hybridized carbons (Fsp3) is 0.143. The number of rotatable bonds is 2.